The number of aryl methyl sites for hydroxylation is 1. The van der Waals surface area contributed by atoms with Crippen LogP contribution in [-0.4, -0.2) is 37.6 Å². The molecule has 2 rings (SSSR count). The number of likely N-dealkylation sites (N-methyl/N-ethyl adjacent to an activating group) is 1. The van der Waals surface area contributed by atoms with Gasteiger partial charge < -0.3 is 9.80 Å². The first-order chi connectivity index (χ1) is 8.11. The molecule has 17 heavy (non-hydrogen) atoms. The second-order valence-electron chi connectivity index (χ2n) is 5.06. The molecule has 94 valence electrons. The van der Waals surface area contributed by atoms with Crippen LogP contribution in [0.1, 0.15) is 18.1 Å². The summed E-state index contributed by atoms with van der Waals surface area (Å²) in [5.41, 5.74) is 3.90. The Morgan fingerprint density at radius 3 is 2.71 bits per heavy atom. The summed E-state index contributed by atoms with van der Waals surface area (Å²) in [5, 5.41) is 0. The van der Waals surface area contributed by atoms with E-state index in [9.17, 15) is 0 Å². The van der Waals surface area contributed by atoms with Gasteiger partial charge in [0.05, 0.1) is 0 Å². The van der Waals surface area contributed by atoms with Gasteiger partial charge in [-0.1, -0.05) is 12.1 Å². The number of anilines is 1. The summed E-state index contributed by atoms with van der Waals surface area (Å²) in [7, 11) is 2.19. The molecule has 0 spiro atoms. The van der Waals surface area contributed by atoms with Crippen molar-refractivity contribution in [3.63, 3.8) is 0 Å². The molecule has 0 N–H and O–H groups in total. The SMILES string of the molecule is Cc1cc(CCl)ccc1N1CCN(C)CC1C. The zero-order valence-electron chi connectivity index (χ0n) is 10.9. The molecule has 1 aliphatic heterocycles. The van der Waals surface area contributed by atoms with Crippen molar-refractivity contribution in [2.75, 3.05) is 31.6 Å². The number of halogens is 1. The number of piperazine rings is 1. The van der Waals surface area contributed by atoms with Gasteiger partial charge in [0.1, 0.15) is 0 Å². The van der Waals surface area contributed by atoms with E-state index in [0.717, 1.165) is 19.6 Å². The highest BCUT2D eigenvalue weighted by atomic mass is 35.5. The predicted octanol–water partition coefficient (Wildman–Crippen LogP) is 2.87. The summed E-state index contributed by atoms with van der Waals surface area (Å²) < 4.78 is 0. The third-order valence-electron chi connectivity index (χ3n) is 3.56. The first-order valence-electron chi connectivity index (χ1n) is 6.22. The molecule has 1 saturated heterocycles. The van der Waals surface area contributed by atoms with Gasteiger partial charge in [0.15, 0.2) is 0 Å². The summed E-state index contributed by atoms with van der Waals surface area (Å²) in [6, 6.07) is 7.14. The van der Waals surface area contributed by atoms with Gasteiger partial charge in [0, 0.05) is 37.2 Å². The molecule has 0 bridgehead atoms. The Morgan fingerprint density at radius 1 is 1.35 bits per heavy atom. The van der Waals surface area contributed by atoms with Gasteiger partial charge in [-0.05, 0) is 38.1 Å². The van der Waals surface area contributed by atoms with Crippen molar-refractivity contribution in [3.05, 3.63) is 29.3 Å². The van der Waals surface area contributed by atoms with Crippen LogP contribution in [0.15, 0.2) is 18.2 Å². The fourth-order valence-electron chi connectivity index (χ4n) is 2.62. The Hall–Kier alpha value is -0.730. The summed E-state index contributed by atoms with van der Waals surface area (Å²) in [4.78, 5) is 4.90. The number of benzene rings is 1. The number of hydrogen-bond acceptors (Lipinski definition) is 2. The lowest BCUT2D eigenvalue weighted by molar-refractivity contribution is 0.275. The van der Waals surface area contributed by atoms with Crippen molar-refractivity contribution in [2.45, 2.75) is 25.8 Å². The van der Waals surface area contributed by atoms with E-state index in [4.69, 9.17) is 11.6 Å². The lowest BCUT2D eigenvalue weighted by atomic mass is 10.1. The number of nitrogens with zero attached hydrogens (tertiary/aromatic N) is 2. The maximum atomic E-state index is 5.86. The minimum absolute atomic E-state index is 0.578. The molecule has 1 aliphatic rings. The highest BCUT2D eigenvalue weighted by Crippen LogP contribution is 2.25. The smallest absolute Gasteiger partial charge is 0.0474 e. The number of hydrogen-bond donors (Lipinski definition) is 0. The van der Waals surface area contributed by atoms with Gasteiger partial charge in [0.2, 0.25) is 0 Å². The van der Waals surface area contributed by atoms with Crippen LogP contribution >= 0.6 is 11.6 Å². The Morgan fingerprint density at radius 2 is 2.12 bits per heavy atom. The van der Waals surface area contributed by atoms with Crippen molar-refractivity contribution >= 4 is 17.3 Å². The molecule has 1 aromatic rings. The van der Waals surface area contributed by atoms with E-state index in [1.807, 2.05) is 0 Å². The summed E-state index contributed by atoms with van der Waals surface area (Å²) >= 11 is 5.86. The Kier molecular flexibility index (Phi) is 3.95. The van der Waals surface area contributed by atoms with Gasteiger partial charge in [-0.3, -0.25) is 0 Å². The average molecular weight is 253 g/mol. The topological polar surface area (TPSA) is 6.48 Å². The fourth-order valence-corrected chi connectivity index (χ4v) is 2.79. The van der Waals surface area contributed by atoms with Crippen LogP contribution in [-0.2, 0) is 5.88 Å². The van der Waals surface area contributed by atoms with Gasteiger partial charge in [-0.2, -0.15) is 0 Å². The molecule has 2 nitrogen and oxygen atoms in total. The summed E-state index contributed by atoms with van der Waals surface area (Å²) in [6.07, 6.45) is 0. The van der Waals surface area contributed by atoms with E-state index in [0.29, 0.717) is 11.9 Å². The summed E-state index contributed by atoms with van der Waals surface area (Å²) in [5.74, 6) is 0.597. The normalized spacial score (nSPS) is 21.9. The minimum Gasteiger partial charge on any atom is -0.366 e. The Balaban J connectivity index is 2.22. The van der Waals surface area contributed by atoms with Crippen LogP contribution in [0.2, 0.25) is 0 Å². The highest BCUT2D eigenvalue weighted by Gasteiger charge is 2.22. The van der Waals surface area contributed by atoms with E-state index in [2.05, 4.69) is 48.9 Å². The Bertz CT molecular complexity index is 392. The average Bonchev–Trinajstić information content (AvgIpc) is 2.30. The molecule has 0 saturated carbocycles. The van der Waals surface area contributed by atoms with Crippen LogP contribution in [0, 0.1) is 6.92 Å². The van der Waals surface area contributed by atoms with Crippen molar-refractivity contribution < 1.29 is 0 Å². The maximum Gasteiger partial charge on any atom is 0.0474 e. The third kappa shape index (κ3) is 2.75. The number of rotatable bonds is 2. The maximum absolute atomic E-state index is 5.86. The molecule has 0 aliphatic carbocycles. The molecule has 0 aromatic heterocycles. The van der Waals surface area contributed by atoms with Crippen molar-refractivity contribution in [2.24, 2.45) is 0 Å². The van der Waals surface area contributed by atoms with Gasteiger partial charge in [-0.15, -0.1) is 11.6 Å². The number of alkyl halides is 1. The highest BCUT2D eigenvalue weighted by molar-refractivity contribution is 6.17. The van der Waals surface area contributed by atoms with E-state index >= 15 is 0 Å². The molecule has 1 fully saturated rings. The second kappa shape index (κ2) is 5.28. The van der Waals surface area contributed by atoms with Crippen molar-refractivity contribution in [1.29, 1.82) is 0 Å². The molecule has 1 heterocycles. The van der Waals surface area contributed by atoms with E-state index in [1.165, 1.54) is 16.8 Å². The molecular weight excluding hydrogens is 232 g/mol. The van der Waals surface area contributed by atoms with Gasteiger partial charge >= 0.3 is 0 Å². The van der Waals surface area contributed by atoms with Crippen LogP contribution in [0.5, 0.6) is 0 Å². The predicted molar refractivity (Wildman–Crippen MR) is 75.0 cm³/mol. The van der Waals surface area contributed by atoms with E-state index in [1.54, 1.807) is 0 Å². The monoisotopic (exact) mass is 252 g/mol. The van der Waals surface area contributed by atoms with Crippen LogP contribution in [0.25, 0.3) is 0 Å². The zero-order valence-corrected chi connectivity index (χ0v) is 11.7. The van der Waals surface area contributed by atoms with E-state index in [-0.39, 0.29) is 0 Å². The van der Waals surface area contributed by atoms with Gasteiger partial charge in [-0.25, -0.2) is 0 Å². The molecular formula is C14H21ClN2. The Labute approximate surface area is 109 Å². The first-order valence-corrected chi connectivity index (χ1v) is 6.76. The fraction of sp³-hybridized carbons (Fsp3) is 0.571. The lowest BCUT2D eigenvalue weighted by Gasteiger charge is -2.40. The molecule has 1 aromatic carbocycles. The van der Waals surface area contributed by atoms with E-state index < -0.39 is 0 Å². The summed E-state index contributed by atoms with van der Waals surface area (Å²) in [6.45, 7) is 7.86. The minimum atomic E-state index is 0.578. The molecule has 0 amide bonds. The van der Waals surface area contributed by atoms with Crippen LogP contribution in [0.4, 0.5) is 5.69 Å². The first kappa shape index (κ1) is 12.7. The molecule has 0 radical (unpaired) electrons. The third-order valence-corrected chi connectivity index (χ3v) is 3.86. The van der Waals surface area contributed by atoms with Crippen LogP contribution < -0.4 is 4.90 Å². The second-order valence-corrected chi connectivity index (χ2v) is 5.33. The quantitative estimate of drug-likeness (QED) is 0.747. The largest absolute Gasteiger partial charge is 0.366 e. The lowest BCUT2D eigenvalue weighted by Crippen LogP contribution is -2.50. The van der Waals surface area contributed by atoms with Crippen molar-refractivity contribution in [3.8, 4) is 0 Å². The van der Waals surface area contributed by atoms with Gasteiger partial charge in [0.25, 0.3) is 0 Å². The van der Waals surface area contributed by atoms with Crippen molar-refractivity contribution in [1.82, 2.24) is 4.90 Å². The zero-order chi connectivity index (χ0) is 12.4. The molecule has 3 heteroatoms. The standard InChI is InChI=1S/C14H21ClN2/c1-11-8-13(9-15)4-5-14(11)17-7-6-16(3)10-12(17)2/h4-5,8,12H,6-7,9-10H2,1-3H3. The molecule has 1 unspecified atom stereocenters. The van der Waals surface area contributed by atoms with Crippen LogP contribution in [0.3, 0.4) is 0 Å². The molecule has 1 atom stereocenters.